The number of aliphatic hydroxyl groups is 1. The van der Waals surface area contributed by atoms with Crippen molar-refractivity contribution in [3.05, 3.63) is 29.3 Å². The number of aliphatic hydroxyl groups excluding tert-OH is 1. The molecule has 0 aliphatic rings. The summed E-state index contributed by atoms with van der Waals surface area (Å²) in [5.74, 6) is 1.49. The van der Waals surface area contributed by atoms with Crippen LogP contribution in [-0.2, 0) is 6.42 Å². The first-order valence-corrected chi connectivity index (χ1v) is 4.95. The van der Waals surface area contributed by atoms with Gasteiger partial charge in [-0.15, -0.1) is 0 Å². The Morgan fingerprint density at radius 1 is 1.60 bits per heavy atom. The third kappa shape index (κ3) is 1.78. The van der Waals surface area contributed by atoms with E-state index >= 15 is 0 Å². The molecule has 2 aromatic heterocycles. The number of halogens is 1. The van der Waals surface area contributed by atoms with E-state index in [9.17, 15) is 0 Å². The van der Waals surface area contributed by atoms with Crippen molar-refractivity contribution in [2.45, 2.75) is 6.42 Å². The van der Waals surface area contributed by atoms with Gasteiger partial charge in [0.2, 0.25) is 0 Å². The molecule has 0 saturated carbocycles. The van der Waals surface area contributed by atoms with Crippen LogP contribution in [0.25, 0.3) is 5.52 Å². The monoisotopic (exact) mass is 226 g/mol. The molecule has 1 N–H and O–H groups in total. The molecule has 80 valence electrons. The van der Waals surface area contributed by atoms with Crippen LogP contribution in [0.2, 0.25) is 5.15 Å². The van der Waals surface area contributed by atoms with Crippen molar-refractivity contribution in [2.24, 2.45) is 0 Å². The number of methoxy groups -OCH3 is 1. The lowest BCUT2D eigenvalue weighted by Gasteiger charge is -2.02. The van der Waals surface area contributed by atoms with Gasteiger partial charge in [-0.1, -0.05) is 11.6 Å². The maximum absolute atomic E-state index is 8.87. The van der Waals surface area contributed by atoms with Gasteiger partial charge in [-0.25, -0.2) is 4.98 Å². The lowest BCUT2D eigenvalue weighted by molar-refractivity contribution is 0.296. The van der Waals surface area contributed by atoms with Gasteiger partial charge >= 0.3 is 0 Å². The lowest BCUT2D eigenvalue weighted by Crippen LogP contribution is -1.98. The van der Waals surface area contributed by atoms with Gasteiger partial charge in [0, 0.05) is 18.7 Å². The fourth-order valence-corrected chi connectivity index (χ4v) is 1.74. The molecule has 0 saturated heterocycles. The zero-order valence-electron chi connectivity index (χ0n) is 8.27. The molecule has 2 heterocycles. The Hall–Kier alpha value is -1.26. The number of imidazole rings is 1. The minimum absolute atomic E-state index is 0.0570. The van der Waals surface area contributed by atoms with Crippen LogP contribution in [-0.4, -0.2) is 28.2 Å². The number of ether oxygens (including phenoxy) is 1. The molecule has 2 aromatic rings. The third-order valence-electron chi connectivity index (χ3n) is 2.21. The van der Waals surface area contributed by atoms with Crippen LogP contribution in [0.3, 0.4) is 0 Å². The normalized spacial score (nSPS) is 10.9. The molecule has 0 atom stereocenters. The number of nitrogens with zero attached hydrogens (tertiary/aromatic N) is 2. The maximum Gasteiger partial charge on any atom is 0.155 e. The van der Waals surface area contributed by atoms with Crippen molar-refractivity contribution in [1.82, 2.24) is 9.38 Å². The molecule has 0 radical (unpaired) electrons. The summed E-state index contributed by atoms with van der Waals surface area (Å²) in [6.07, 6.45) is 2.32. The second-order valence-electron chi connectivity index (χ2n) is 3.11. The number of hydrogen-bond acceptors (Lipinski definition) is 3. The largest absolute Gasteiger partial charge is 0.497 e. The van der Waals surface area contributed by atoms with E-state index < -0.39 is 0 Å². The van der Waals surface area contributed by atoms with Crippen molar-refractivity contribution in [2.75, 3.05) is 13.7 Å². The zero-order chi connectivity index (χ0) is 10.8. The molecular formula is C10H11ClN2O2. The third-order valence-corrected chi connectivity index (χ3v) is 2.49. The van der Waals surface area contributed by atoms with E-state index in [0.29, 0.717) is 11.6 Å². The molecule has 2 rings (SSSR count). The first kappa shape index (κ1) is 10.3. The van der Waals surface area contributed by atoms with Crippen molar-refractivity contribution in [3.8, 4) is 5.75 Å². The lowest BCUT2D eigenvalue weighted by atomic mass is 10.4. The summed E-state index contributed by atoms with van der Waals surface area (Å²) in [5, 5.41) is 9.30. The van der Waals surface area contributed by atoms with Crippen LogP contribution < -0.4 is 4.74 Å². The van der Waals surface area contributed by atoms with Gasteiger partial charge in [-0.05, 0) is 6.07 Å². The van der Waals surface area contributed by atoms with Crippen molar-refractivity contribution in [3.63, 3.8) is 0 Å². The van der Waals surface area contributed by atoms with Gasteiger partial charge in [0.05, 0.1) is 19.2 Å². The Bertz CT molecular complexity index is 481. The van der Waals surface area contributed by atoms with Crippen LogP contribution in [0.1, 0.15) is 5.82 Å². The van der Waals surface area contributed by atoms with E-state index in [1.54, 1.807) is 7.11 Å². The van der Waals surface area contributed by atoms with E-state index in [2.05, 4.69) is 4.98 Å². The summed E-state index contributed by atoms with van der Waals surface area (Å²) in [5.41, 5.74) is 0.791. The fourth-order valence-electron chi connectivity index (χ4n) is 1.49. The molecular weight excluding hydrogens is 216 g/mol. The molecule has 15 heavy (non-hydrogen) atoms. The SMILES string of the molecule is COc1ccn2c(CCO)nc(Cl)c2c1. The van der Waals surface area contributed by atoms with Crippen molar-refractivity contribution >= 4 is 17.1 Å². The summed E-state index contributed by atoms with van der Waals surface area (Å²) in [6, 6.07) is 3.64. The van der Waals surface area contributed by atoms with E-state index in [0.717, 1.165) is 17.1 Å². The Kier molecular flexibility index (Phi) is 2.79. The minimum atomic E-state index is 0.0570. The second kappa shape index (κ2) is 4.08. The van der Waals surface area contributed by atoms with Crippen LogP contribution in [0, 0.1) is 0 Å². The summed E-state index contributed by atoms with van der Waals surface area (Å²) < 4.78 is 6.95. The molecule has 0 bridgehead atoms. The Labute approximate surface area is 92.1 Å². The number of pyridine rings is 1. The quantitative estimate of drug-likeness (QED) is 0.864. The highest BCUT2D eigenvalue weighted by Crippen LogP contribution is 2.22. The molecule has 4 nitrogen and oxygen atoms in total. The molecule has 0 unspecified atom stereocenters. The van der Waals surface area contributed by atoms with E-state index in [1.807, 2.05) is 22.7 Å². The Morgan fingerprint density at radius 2 is 2.40 bits per heavy atom. The van der Waals surface area contributed by atoms with E-state index in [1.165, 1.54) is 0 Å². The van der Waals surface area contributed by atoms with Crippen LogP contribution in [0.4, 0.5) is 0 Å². The Balaban J connectivity index is 2.59. The van der Waals surface area contributed by atoms with E-state index in [4.69, 9.17) is 21.4 Å². The molecule has 5 heteroatoms. The maximum atomic E-state index is 8.87. The fraction of sp³-hybridized carbons (Fsp3) is 0.300. The number of hydrogen-bond donors (Lipinski definition) is 1. The van der Waals surface area contributed by atoms with Crippen LogP contribution in [0.5, 0.6) is 5.75 Å². The van der Waals surface area contributed by atoms with Gasteiger partial charge in [0.15, 0.2) is 5.15 Å². The first-order chi connectivity index (χ1) is 7.26. The summed E-state index contributed by atoms with van der Waals surface area (Å²) in [4.78, 5) is 4.17. The highest BCUT2D eigenvalue weighted by molar-refractivity contribution is 6.32. The number of rotatable bonds is 3. The highest BCUT2D eigenvalue weighted by Gasteiger charge is 2.09. The van der Waals surface area contributed by atoms with Gasteiger partial charge in [0.25, 0.3) is 0 Å². The van der Waals surface area contributed by atoms with Crippen molar-refractivity contribution < 1.29 is 9.84 Å². The predicted molar refractivity (Wildman–Crippen MR) is 57.5 cm³/mol. The standard InChI is InChI=1S/C10H11ClN2O2/c1-15-7-2-4-13-8(6-7)10(11)12-9(13)3-5-14/h2,4,6,14H,3,5H2,1H3. The topological polar surface area (TPSA) is 46.8 Å². The summed E-state index contributed by atoms with van der Waals surface area (Å²) >= 11 is 5.97. The molecule has 0 fully saturated rings. The van der Waals surface area contributed by atoms with Crippen molar-refractivity contribution in [1.29, 1.82) is 0 Å². The molecule has 0 aliphatic heterocycles. The van der Waals surface area contributed by atoms with Gasteiger partial charge in [0.1, 0.15) is 11.6 Å². The number of fused-ring (bicyclic) bond motifs is 1. The Morgan fingerprint density at radius 3 is 3.07 bits per heavy atom. The molecule has 0 aromatic carbocycles. The highest BCUT2D eigenvalue weighted by atomic mass is 35.5. The predicted octanol–water partition coefficient (Wildman–Crippen LogP) is 1.53. The summed E-state index contributed by atoms with van der Waals surface area (Å²) in [6.45, 7) is 0.0570. The smallest absolute Gasteiger partial charge is 0.155 e. The minimum Gasteiger partial charge on any atom is -0.497 e. The number of aromatic nitrogens is 2. The van der Waals surface area contributed by atoms with Crippen LogP contribution >= 0.6 is 11.6 Å². The first-order valence-electron chi connectivity index (χ1n) is 4.57. The van der Waals surface area contributed by atoms with Gasteiger partial charge < -0.3 is 14.2 Å². The average molecular weight is 227 g/mol. The molecule has 0 aliphatic carbocycles. The second-order valence-corrected chi connectivity index (χ2v) is 3.47. The zero-order valence-corrected chi connectivity index (χ0v) is 9.03. The van der Waals surface area contributed by atoms with E-state index in [-0.39, 0.29) is 6.61 Å². The summed E-state index contributed by atoms with van der Waals surface area (Å²) in [7, 11) is 1.60. The molecule has 0 spiro atoms. The van der Waals surface area contributed by atoms with Gasteiger partial charge in [-0.2, -0.15) is 0 Å². The van der Waals surface area contributed by atoms with Crippen LogP contribution in [0.15, 0.2) is 18.3 Å². The average Bonchev–Trinajstić information content (AvgIpc) is 2.56. The van der Waals surface area contributed by atoms with Gasteiger partial charge in [-0.3, -0.25) is 0 Å². The molecule has 0 amide bonds.